The lowest BCUT2D eigenvalue weighted by Gasteiger charge is -2.14. The number of methoxy groups -OCH3 is 1. The summed E-state index contributed by atoms with van der Waals surface area (Å²) in [6, 6.07) is 6.03. The largest absolute Gasteiger partial charge is 0.496 e. The first-order valence-corrected chi connectivity index (χ1v) is 5.53. The summed E-state index contributed by atoms with van der Waals surface area (Å²) in [7, 11) is 1.66. The van der Waals surface area contributed by atoms with Gasteiger partial charge >= 0.3 is 0 Å². The first kappa shape index (κ1) is 9.73. The van der Waals surface area contributed by atoms with Crippen molar-refractivity contribution in [1.82, 2.24) is 4.98 Å². The van der Waals surface area contributed by atoms with Gasteiger partial charge in [-0.05, 0) is 31.9 Å². The van der Waals surface area contributed by atoms with E-state index < -0.39 is 5.60 Å². The van der Waals surface area contributed by atoms with E-state index in [1.165, 1.54) is 0 Å². The van der Waals surface area contributed by atoms with Crippen LogP contribution in [0.1, 0.15) is 24.1 Å². The van der Waals surface area contributed by atoms with Gasteiger partial charge in [-0.1, -0.05) is 6.07 Å². The number of ether oxygens (including phenoxy) is 1. The van der Waals surface area contributed by atoms with Crippen LogP contribution in [0.5, 0.6) is 5.75 Å². The van der Waals surface area contributed by atoms with E-state index >= 15 is 0 Å². The lowest BCUT2D eigenvalue weighted by atomic mass is 10.0. The zero-order chi connectivity index (χ0) is 11.3. The number of aliphatic hydroxyl groups is 1. The fourth-order valence-electron chi connectivity index (χ4n) is 2.29. The van der Waals surface area contributed by atoms with E-state index in [1.54, 1.807) is 7.11 Å². The van der Waals surface area contributed by atoms with Crippen LogP contribution in [0.15, 0.2) is 18.2 Å². The van der Waals surface area contributed by atoms with Crippen LogP contribution in [0.25, 0.3) is 10.9 Å². The summed E-state index contributed by atoms with van der Waals surface area (Å²) in [4.78, 5) is 3.27. The summed E-state index contributed by atoms with van der Waals surface area (Å²) in [6.07, 6.45) is 1.66. The molecule has 3 nitrogen and oxygen atoms in total. The number of aromatic amines is 1. The predicted octanol–water partition coefficient (Wildman–Crippen LogP) is 2.47. The molecule has 1 aromatic carbocycles. The van der Waals surface area contributed by atoms with Crippen LogP contribution >= 0.6 is 0 Å². The van der Waals surface area contributed by atoms with E-state index in [-0.39, 0.29) is 0 Å². The number of rotatable bonds is 2. The Kier molecular flexibility index (Phi) is 1.83. The molecule has 0 bridgehead atoms. The molecule has 84 valence electrons. The molecule has 1 heterocycles. The van der Waals surface area contributed by atoms with Crippen LogP contribution in [-0.2, 0) is 5.60 Å². The van der Waals surface area contributed by atoms with Gasteiger partial charge in [0.1, 0.15) is 5.75 Å². The second-order valence-electron chi connectivity index (χ2n) is 4.59. The average molecular weight is 217 g/mol. The van der Waals surface area contributed by atoms with E-state index in [1.807, 2.05) is 19.1 Å². The highest BCUT2D eigenvalue weighted by Crippen LogP contribution is 2.50. The van der Waals surface area contributed by atoms with Gasteiger partial charge in [-0.15, -0.1) is 0 Å². The molecule has 0 radical (unpaired) electrons. The second kappa shape index (κ2) is 3.01. The number of H-pyrrole nitrogens is 1. The minimum absolute atomic E-state index is 0.648. The zero-order valence-corrected chi connectivity index (χ0v) is 9.50. The van der Waals surface area contributed by atoms with Gasteiger partial charge in [-0.25, -0.2) is 0 Å². The third-order valence-electron chi connectivity index (χ3n) is 3.32. The Morgan fingerprint density at radius 2 is 2.12 bits per heavy atom. The molecule has 1 aromatic heterocycles. The van der Waals surface area contributed by atoms with Crippen molar-refractivity contribution in [2.75, 3.05) is 7.11 Å². The maximum Gasteiger partial charge on any atom is 0.134 e. The molecule has 0 aliphatic heterocycles. The highest BCUT2D eigenvalue weighted by molar-refractivity contribution is 5.88. The number of aromatic nitrogens is 1. The van der Waals surface area contributed by atoms with Crippen LogP contribution in [-0.4, -0.2) is 17.2 Å². The Bertz CT molecular complexity index is 552. The van der Waals surface area contributed by atoms with Crippen LogP contribution in [0.2, 0.25) is 0 Å². The van der Waals surface area contributed by atoms with Gasteiger partial charge in [0.05, 0.1) is 12.7 Å². The molecule has 1 saturated carbocycles. The highest BCUT2D eigenvalue weighted by atomic mass is 16.5. The summed E-state index contributed by atoms with van der Waals surface area (Å²) in [5, 5.41) is 11.2. The number of hydrogen-bond acceptors (Lipinski definition) is 2. The summed E-state index contributed by atoms with van der Waals surface area (Å²) in [5.74, 6) is 0.807. The van der Waals surface area contributed by atoms with Crippen LogP contribution in [0.4, 0.5) is 0 Å². The molecule has 1 aliphatic carbocycles. The highest BCUT2D eigenvalue weighted by Gasteiger charge is 2.44. The van der Waals surface area contributed by atoms with Gasteiger partial charge in [-0.2, -0.15) is 0 Å². The van der Waals surface area contributed by atoms with Crippen LogP contribution in [0, 0.1) is 6.92 Å². The van der Waals surface area contributed by atoms with Crippen molar-refractivity contribution in [2.24, 2.45) is 0 Å². The molecule has 0 amide bonds. The summed E-state index contributed by atoms with van der Waals surface area (Å²) in [6.45, 7) is 2.02. The minimum atomic E-state index is -0.648. The minimum Gasteiger partial charge on any atom is -0.496 e. The molecule has 3 heteroatoms. The third-order valence-corrected chi connectivity index (χ3v) is 3.32. The Morgan fingerprint density at radius 3 is 2.75 bits per heavy atom. The number of nitrogens with one attached hydrogen (secondary N) is 1. The first-order chi connectivity index (χ1) is 7.64. The summed E-state index contributed by atoms with van der Waals surface area (Å²) in [5.41, 5.74) is 2.43. The van der Waals surface area contributed by atoms with Crippen molar-refractivity contribution in [2.45, 2.75) is 25.4 Å². The summed E-state index contributed by atoms with van der Waals surface area (Å²) < 4.78 is 5.46. The van der Waals surface area contributed by atoms with Crippen LogP contribution < -0.4 is 4.74 Å². The average Bonchev–Trinajstić information content (AvgIpc) is 2.88. The Morgan fingerprint density at radius 1 is 1.38 bits per heavy atom. The first-order valence-electron chi connectivity index (χ1n) is 5.53. The number of aryl methyl sites for hydroxylation is 1. The molecule has 3 rings (SSSR count). The Hall–Kier alpha value is -1.48. The Balaban J connectivity index is 2.29. The molecule has 1 fully saturated rings. The zero-order valence-electron chi connectivity index (χ0n) is 9.50. The van der Waals surface area contributed by atoms with Gasteiger partial charge in [0, 0.05) is 22.2 Å². The smallest absolute Gasteiger partial charge is 0.134 e. The van der Waals surface area contributed by atoms with Crippen LogP contribution in [0.3, 0.4) is 0 Å². The van der Waals surface area contributed by atoms with E-state index in [0.717, 1.165) is 40.8 Å². The molecule has 0 spiro atoms. The summed E-state index contributed by atoms with van der Waals surface area (Å²) >= 11 is 0. The van der Waals surface area contributed by atoms with Gasteiger partial charge in [0.2, 0.25) is 0 Å². The van der Waals surface area contributed by atoms with Crippen molar-refractivity contribution in [3.63, 3.8) is 0 Å². The molecule has 1 aliphatic rings. The van der Waals surface area contributed by atoms with Crippen molar-refractivity contribution < 1.29 is 9.84 Å². The maximum atomic E-state index is 10.2. The number of hydrogen-bond donors (Lipinski definition) is 2. The molecule has 2 N–H and O–H groups in total. The van der Waals surface area contributed by atoms with Gasteiger partial charge in [-0.3, -0.25) is 0 Å². The molecule has 16 heavy (non-hydrogen) atoms. The molecule has 0 atom stereocenters. The topological polar surface area (TPSA) is 45.2 Å². The SMILES string of the molecule is COc1c(C2(O)CC2)ccc2[nH]c(C)cc12. The van der Waals surface area contributed by atoms with Gasteiger partial charge < -0.3 is 14.8 Å². The third kappa shape index (κ3) is 1.25. The van der Waals surface area contributed by atoms with Crippen molar-refractivity contribution in [3.05, 3.63) is 29.5 Å². The lowest BCUT2D eigenvalue weighted by molar-refractivity contribution is 0.148. The van der Waals surface area contributed by atoms with Gasteiger partial charge in [0.15, 0.2) is 0 Å². The molecular weight excluding hydrogens is 202 g/mol. The monoisotopic (exact) mass is 217 g/mol. The van der Waals surface area contributed by atoms with Crippen molar-refractivity contribution in [1.29, 1.82) is 0 Å². The van der Waals surface area contributed by atoms with Crippen molar-refractivity contribution in [3.8, 4) is 5.75 Å². The quantitative estimate of drug-likeness (QED) is 0.811. The molecule has 0 saturated heterocycles. The van der Waals surface area contributed by atoms with Crippen molar-refractivity contribution >= 4 is 10.9 Å². The second-order valence-corrected chi connectivity index (χ2v) is 4.59. The standard InChI is InChI=1S/C13H15NO2/c1-8-7-9-11(14-8)4-3-10(12(9)16-2)13(15)5-6-13/h3-4,7,14-15H,5-6H2,1-2H3. The van der Waals surface area contributed by atoms with E-state index in [9.17, 15) is 5.11 Å². The lowest BCUT2D eigenvalue weighted by Crippen LogP contribution is -2.06. The van der Waals surface area contributed by atoms with Gasteiger partial charge in [0.25, 0.3) is 0 Å². The fourth-order valence-corrected chi connectivity index (χ4v) is 2.29. The number of fused-ring (bicyclic) bond motifs is 1. The fraction of sp³-hybridized carbons (Fsp3) is 0.385. The normalized spacial score (nSPS) is 17.7. The molecular formula is C13H15NO2. The maximum absolute atomic E-state index is 10.2. The molecule has 2 aromatic rings. The van der Waals surface area contributed by atoms with E-state index in [4.69, 9.17) is 4.74 Å². The molecule has 0 unspecified atom stereocenters. The number of benzene rings is 1. The predicted molar refractivity (Wildman–Crippen MR) is 62.7 cm³/mol. The Labute approximate surface area is 94.0 Å². The van der Waals surface area contributed by atoms with E-state index in [0.29, 0.717) is 0 Å². The van der Waals surface area contributed by atoms with E-state index in [2.05, 4.69) is 11.1 Å².